The van der Waals surface area contributed by atoms with Crippen molar-refractivity contribution in [1.29, 1.82) is 0 Å². The maximum absolute atomic E-state index is 14.0. The SMILES string of the molecule is Cc1cccc(C(=O)Nc2csc3nc(=O)c(C)nn23)c1F. The van der Waals surface area contributed by atoms with Crippen molar-refractivity contribution in [2.45, 2.75) is 13.8 Å². The van der Waals surface area contributed by atoms with Crippen molar-refractivity contribution in [3.05, 3.63) is 56.6 Å². The molecule has 3 rings (SSSR count). The van der Waals surface area contributed by atoms with Crippen LogP contribution in [0, 0.1) is 19.7 Å². The normalized spacial score (nSPS) is 10.9. The minimum absolute atomic E-state index is 0.0509. The molecule has 1 aromatic carbocycles. The number of thiazole rings is 1. The highest BCUT2D eigenvalue weighted by molar-refractivity contribution is 7.15. The highest BCUT2D eigenvalue weighted by Crippen LogP contribution is 2.19. The maximum atomic E-state index is 14.0. The summed E-state index contributed by atoms with van der Waals surface area (Å²) < 4.78 is 15.3. The lowest BCUT2D eigenvalue weighted by atomic mass is 10.1. The molecule has 0 aliphatic rings. The Morgan fingerprint density at radius 2 is 2.14 bits per heavy atom. The molecule has 0 unspecified atom stereocenters. The van der Waals surface area contributed by atoms with Gasteiger partial charge in [0.25, 0.3) is 11.5 Å². The van der Waals surface area contributed by atoms with Crippen LogP contribution in [0.25, 0.3) is 4.96 Å². The minimum Gasteiger partial charge on any atom is -0.306 e. The molecule has 8 heteroatoms. The smallest absolute Gasteiger partial charge is 0.295 e. The van der Waals surface area contributed by atoms with Crippen LogP contribution in [0.1, 0.15) is 21.6 Å². The summed E-state index contributed by atoms with van der Waals surface area (Å²) in [7, 11) is 0. The summed E-state index contributed by atoms with van der Waals surface area (Å²) in [5, 5.41) is 8.25. The zero-order valence-corrected chi connectivity index (χ0v) is 12.6. The standard InChI is InChI=1S/C14H11FN4O2S/c1-7-4-3-5-9(11(7)15)13(21)16-10-6-22-14-17-12(20)8(2)18-19(10)14/h3-6H,1-2H3,(H,16,21). The zero-order chi connectivity index (χ0) is 15.9. The molecule has 2 heterocycles. The van der Waals surface area contributed by atoms with Crippen LogP contribution in [0.4, 0.5) is 10.2 Å². The van der Waals surface area contributed by atoms with Crippen LogP contribution in [-0.2, 0) is 0 Å². The number of aromatic nitrogens is 3. The highest BCUT2D eigenvalue weighted by atomic mass is 32.1. The van der Waals surface area contributed by atoms with Crippen molar-refractivity contribution in [2.24, 2.45) is 0 Å². The van der Waals surface area contributed by atoms with E-state index in [1.165, 1.54) is 17.5 Å². The van der Waals surface area contributed by atoms with Crippen molar-refractivity contribution in [3.63, 3.8) is 0 Å². The van der Waals surface area contributed by atoms with E-state index in [4.69, 9.17) is 0 Å². The van der Waals surface area contributed by atoms with Gasteiger partial charge in [-0.1, -0.05) is 12.1 Å². The molecule has 0 aliphatic carbocycles. The first-order chi connectivity index (χ1) is 10.5. The molecule has 0 saturated heterocycles. The number of anilines is 1. The first-order valence-electron chi connectivity index (χ1n) is 6.39. The molecule has 0 spiro atoms. The van der Waals surface area contributed by atoms with Gasteiger partial charge in [0.05, 0.1) is 5.56 Å². The fraction of sp³-hybridized carbons (Fsp3) is 0.143. The van der Waals surface area contributed by atoms with E-state index in [1.54, 1.807) is 24.4 Å². The van der Waals surface area contributed by atoms with Crippen molar-refractivity contribution < 1.29 is 9.18 Å². The predicted molar refractivity (Wildman–Crippen MR) is 81.0 cm³/mol. The summed E-state index contributed by atoms with van der Waals surface area (Å²) in [5.74, 6) is -0.811. The average molecular weight is 318 g/mol. The van der Waals surface area contributed by atoms with Crippen molar-refractivity contribution in [3.8, 4) is 0 Å². The molecule has 6 nitrogen and oxygen atoms in total. The molecule has 0 saturated carbocycles. The van der Waals surface area contributed by atoms with Gasteiger partial charge in [0.2, 0.25) is 4.96 Å². The number of benzene rings is 1. The van der Waals surface area contributed by atoms with E-state index < -0.39 is 17.3 Å². The number of amides is 1. The van der Waals surface area contributed by atoms with Crippen LogP contribution in [0.15, 0.2) is 28.4 Å². The lowest BCUT2D eigenvalue weighted by Gasteiger charge is -2.06. The molecular weight excluding hydrogens is 307 g/mol. The van der Waals surface area contributed by atoms with Crippen molar-refractivity contribution >= 4 is 28.0 Å². The number of hydrogen-bond acceptors (Lipinski definition) is 5. The molecule has 0 bridgehead atoms. The number of aryl methyl sites for hydroxylation is 2. The Labute approximate surface area is 128 Å². The highest BCUT2D eigenvalue weighted by Gasteiger charge is 2.16. The molecule has 0 fully saturated rings. The lowest BCUT2D eigenvalue weighted by molar-refractivity contribution is 0.102. The Balaban J connectivity index is 2.00. The Morgan fingerprint density at radius 3 is 2.91 bits per heavy atom. The third-order valence-corrected chi connectivity index (χ3v) is 3.94. The van der Waals surface area contributed by atoms with Gasteiger partial charge in [-0.25, -0.2) is 4.39 Å². The van der Waals surface area contributed by atoms with Crippen molar-refractivity contribution in [1.82, 2.24) is 14.6 Å². The quantitative estimate of drug-likeness (QED) is 0.785. The van der Waals surface area contributed by atoms with Gasteiger partial charge < -0.3 is 5.32 Å². The second kappa shape index (κ2) is 5.30. The minimum atomic E-state index is -0.584. The van der Waals surface area contributed by atoms with E-state index in [0.29, 0.717) is 16.3 Å². The molecule has 1 N–H and O–H groups in total. The van der Waals surface area contributed by atoms with Gasteiger partial charge in [-0.3, -0.25) is 9.59 Å². The molecule has 22 heavy (non-hydrogen) atoms. The summed E-state index contributed by atoms with van der Waals surface area (Å²) in [6, 6.07) is 4.61. The van der Waals surface area contributed by atoms with Crippen LogP contribution in [0.5, 0.6) is 0 Å². The topological polar surface area (TPSA) is 76.4 Å². The van der Waals surface area contributed by atoms with Gasteiger partial charge >= 0.3 is 0 Å². The Bertz CT molecular complexity index is 948. The van der Waals surface area contributed by atoms with Crippen LogP contribution in [-0.4, -0.2) is 20.5 Å². The molecule has 0 aliphatic heterocycles. The lowest BCUT2D eigenvalue weighted by Crippen LogP contribution is -2.19. The Morgan fingerprint density at radius 1 is 1.36 bits per heavy atom. The van der Waals surface area contributed by atoms with E-state index in [0.717, 1.165) is 11.3 Å². The Hall–Kier alpha value is -2.61. The third kappa shape index (κ3) is 2.37. The summed E-state index contributed by atoms with van der Waals surface area (Å²) in [6.07, 6.45) is 0. The number of carbonyl (C=O) groups is 1. The van der Waals surface area contributed by atoms with E-state index in [2.05, 4.69) is 15.4 Å². The number of halogens is 1. The molecule has 112 valence electrons. The van der Waals surface area contributed by atoms with Gasteiger partial charge in [0, 0.05) is 5.38 Å². The number of fused-ring (bicyclic) bond motifs is 1. The number of hydrogen-bond donors (Lipinski definition) is 1. The molecule has 1 amide bonds. The summed E-state index contributed by atoms with van der Waals surface area (Å²) in [4.78, 5) is 27.9. The van der Waals surface area contributed by atoms with Gasteiger partial charge in [-0.2, -0.15) is 14.6 Å². The van der Waals surface area contributed by atoms with Gasteiger partial charge in [-0.05, 0) is 25.5 Å². The zero-order valence-electron chi connectivity index (χ0n) is 11.8. The second-order valence-corrected chi connectivity index (χ2v) is 5.54. The van der Waals surface area contributed by atoms with Crippen molar-refractivity contribution in [2.75, 3.05) is 5.32 Å². The maximum Gasteiger partial charge on any atom is 0.295 e. The number of rotatable bonds is 2. The number of nitrogens with one attached hydrogen (secondary N) is 1. The monoisotopic (exact) mass is 318 g/mol. The first-order valence-corrected chi connectivity index (χ1v) is 7.27. The van der Waals surface area contributed by atoms with Crippen LogP contribution in [0.3, 0.4) is 0 Å². The average Bonchev–Trinajstić information content (AvgIpc) is 2.84. The van der Waals surface area contributed by atoms with Crippen LogP contribution < -0.4 is 10.9 Å². The van der Waals surface area contributed by atoms with Crippen LogP contribution in [0.2, 0.25) is 0 Å². The van der Waals surface area contributed by atoms with E-state index >= 15 is 0 Å². The fourth-order valence-electron chi connectivity index (χ4n) is 1.93. The van der Waals surface area contributed by atoms with Gasteiger partial charge in [0.1, 0.15) is 17.3 Å². The number of carbonyl (C=O) groups excluding carboxylic acids is 1. The summed E-state index contributed by atoms with van der Waals surface area (Å²) in [6.45, 7) is 3.12. The van der Waals surface area contributed by atoms with E-state index in [1.807, 2.05) is 0 Å². The number of nitrogens with zero attached hydrogens (tertiary/aromatic N) is 3. The first kappa shape index (κ1) is 14.3. The summed E-state index contributed by atoms with van der Waals surface area (Å²) >= 11 is 1.16. The third-order valence-electron chi connectivity index (χ3n) is 3.12. The second-order valence-electron chi connectivity index (χ2n) is 4.71. The largest absolute Gasteiger partial charge is 0.306 e. The molecule has 0 atom stereocenters. The Kier molecular flexibility index (Phi) is 3.45. The van der Waals surface area contributed by atoms with E-state index in [-0.39, 0.29) is 11.3 Å². The predicted octanol–water partition coefficient (Wildman–Crippen LogP) is 2.16. The molecule has 0 radical (unpaired) electrons. The van der Waals surface area contributed by atoms with Gasteiger partial charge in [0.15, 0.2) is 0 Å². The molecular formula is C14H11FN4O2S. The van der Waals surface area contributed by atoms with E-state index in [9.17, 15) is 14.0 Å². The molecule has 3 aromatic rings. The van der Waals surface area contributed by atoms with Gasteiger partial charge in [-0.15, -0.1) is 11.3 Å². The molecule has 2 aromatic heterocycles. The fourth-order valence-corrected chi connectivity index (χ4v) is 2.68. The summed E-state index contributed by atoms with van der Waals surface area (Å²) in [5.41, 5.74) is 0.143. The van der Waals surface area contributed by atoms with Crippen LogP contribution >= 0.6 is 11.3 Å².